The number of amides is 1. The van der Waals surface area contributed by atoms with Crippen molar-refractivity contribution in [2.45, 2.75) is 44.4 Å². The minimum absolute atomic E-state index is 0.330. The number of ether oxygens (including phenoxy) is 2. The van der Waals surface area contributed by atoms with Gasteiger partial charge in [0.25, 0.3) is 0 Å². The highest BCUT2D eigenvalue weighted by molar-refractivity contribution is 5.99. The summed E-state index contributed by atoms with van der Waals surface area (Å²) in [4.78, 5) is 24.3. The number of rotatable bonds is 6. The number of hydrogen-bond donors (Lipinski definition) is 1. The number of hydroxylamine groups is 2. The summed E-state index contributed by atoms with van der Waals surface area (Å²) in [6.07, 6.45) is 3.98. The SMILES string of the molecule is COc1ccc(CNC(=O)ON2C(c3cccc(OC)c3)=NOC23CCCCC3)cc1. The third kappa shape index (κ3) is 4.52. The third-order valence-electron chi connectivity index (χ3n) is 5.60. The van der Waals surface area contributed by atoms with E-state index in [0.717, 1.165) is 49.0 Å². The van der Waals surface area contributed by atoms with Crippen molar-refractivity contribution in [1.29, 1.82) is 0 Å². The number of methoxy groups -OCH3 is 2. The Morgan fingerprint density at radius 3 is 2.52 bits per heavy atom. The van der Waals surface area contributed by atoms with Crippen LogP contribution >= 0.6 is 0 Å². The van der Waals surface area contributed by atoms with E-state index in [2.05, 4.69) is 10.5 Å². The lowest BCUT2D eigenvalue weighted by Crippen LogP contribution is -2.52. The molecule has 2 aromatic rings. The lowest BCUT2D eigenvalue weighted by Gasteiger charge is -2.37. The van der Waals surface area contributed by atoms with Gasteiger partial charge in [0.1, 0.15) is 11.5 Å². The number of nitrogens with zero attached hydrogens (tertiary/aromatic N) is 2. The lowest BCUT2D eigenvalue weighted by atomic mass is 9.91. The quantitative estimate of drug-likeness (QED) is 0.747. The van der Waals surface area contributed by atoms with Gasteiger partial charge in [-0.15, -0.1) is 5.06 Å². The van der Waals surface area contributed by atoms with Gasteiger partial charge in [-0.2, -0.15) is 0 Å². The first-order chi connectivity index (χ1) is 15.1. The number of benzene rings is 2. The maximum atomic E-state index is 12.7. The topological polar surface area (TPSA) is 81.6 Å². The van der Waals surface area contributed by atoms with Crippen LogP contribution in [0.2, 0.25) is 0 Å². The zero-order chi connectivity index (χ0) is 21.7. The average molecular weight is 425 g/mol. The van der Waals surface area contributed by atoms with Gasteiger partial charge in [0.05, 0.1) is 14.2 Å². The standard InChI is InChI=1S/C23H27N3O5/c1-28-19-11-9-17(10-12-19)16-24-22(27)30-26-21(18-7-6-8-20(15-18)29-2)25-31-23(26)13-4-3-5-14-23/h6-12,15H,3-5,13-14,16H2,1-2H3,(H,24,27). The minimum atomic E-state index is -0.770. The predicted octanol–water partition coefficient (Wildman–Crippen LogP) is 4.20. The van der Waals surface area contributed by atoms with E-state index in [4.69, 9.17) is 19.1 Å². The van der Waals surface area contributed by atoms with Crippen molar-refractivity contribution in [3.63, 3.8) is 0 Å². The number of amidine groups is 1. The first kappa shape index (κ1) is 20.8. The molecule has 1 heterocycles. The van der Waals surface area contributed by atoms with Crippen molar-refractivity contribution < 1.29 is 23.9 Å². The molecule has 8 heteroatoms. The van der Waals surface area contributed by atoms with Crippen LogP contribution in [0.5, 0.6) is 11.5 Å². The molecule has 164 valence electrons. The van der Waals surface area contributed by atoms with E-state index in [1.54, 1.807) is 14.2 Å². The van der Waals surface area contributed by atoms with Crippen molar-refractivity contribution in [3.05, 3.63) is 59.7 Å². The summed E-state index contributed by atoms with van der Waals surface area (Å²) in [5, 5.41) is 8.63. The molecule has 2 aliphatic rings. The van der Waals surface area contributed by atoms with Crippen molar-refractivity contribution in [1.82, 2.24) is 10.4 Å². The van der Waals surface area contributed by atoms with Gasteiger partial charge in [-0.1, -0.05) is 35.8 Å². The molecule has 0 bridgehead atoms. The highest BCUT2D eigenvalue weighted by Crippen LogP contribution is 2.40. The van der Waals surface area contributed by atoms with Crippen molar-refractivity contribution in [3.8, 4) is 11.5 Å². The number of oxime groups is 1. The highest BCUT2D eigenvalue weighted by atomic mass is 16.8. The fourth-order valence-electron chi connectivity index (χ4n) is 3.89. The third-order valence-corrected chi connectivity index (χ3v) is 5.60. The maximum Gasteiger partial charge on any atom is 0.432 e. The van der Waals surface area contributed by atoms with Crippen molar-refractivity contribution in [2.75, 3.05) is 14.2 Å². The van der Waals surface area contributed by atoms with Crippen LogP contribution in [0.4, 0.5) is 4.79 Å². The van der Waals surface area contributed by atoms with Crippen LogP contribution < -0.4 is 14.8 Å². The summed E-state index contributed by atoms with van der Waals surface area (Å²) in [5.74, 6) is 1.91. The van der Waals surface area contributed by atoms with E-state index in [9.17, 15) is 4.79 Å². The smallest absolute Gasteiger partial charge is 0.432 e. The predicted molar refractivity (Wildman–Crippen MR) is 115 cm³/mol. The van der Waals surface area contributed by atoms with Gasteiger partial charge in [-0.25, -0.2) is 4.79 Å². The molecule has 0 unspecified atom stereocenters. The maximum absolute atomic E-state index is 12.7. The van der Waals surface area contributed by atoms with E-state index in [1.807, 2.05) is 48.5 Å². The molecule has 1 amide bonds. The van der Waals surface area contributed by atoms with Crippen LogP contribution in [0.3, 0.4) is 0 Å². The molecule has 1 aliphatic heterocycles. The molecule has 0 saturated heterocycles. The summed E-state index contributed by atoms with van der Waals surface area (Å²) in [5.41, 5.74) is 0.919. The van der Waals surface area contributed by atoms with Crippen molar-refractivity contribution in [2.24, 2.45) is 5.16 Å². The summed E-state index contributed by atoms with van der Waals surface area (Å²) >= 11 is 0. The molecule has 0 aromatic heterocycles. The molecule has 4 rings (SSSR count). The van der Waals surface area contributed by atoms with Crippen LogP contribution in [0.15, 0.2) is 53.7 Å². The largest absolute Gasteiger partial charge is 0.497 e. The Kier molecular flexibility index (Phi) is 6.16. The van der Waals surface area contributed by atoms with E-state index in [-0.39, 0.29) is 0 Å². The zero-order valence-electron chi connectivity index (χ0n) is 17.8. The van der Waals surface area contributed by atoms with Crippen LogP contribution in [0, 0.1) is 0 Å². The lowest BCUT2D eigenvalue weighted by molar-refractivity contribution is -0.226. The van der Waals surface area contributed by atoms with E-state index < -0.39 is 11.8 Å². The van der Waals surface area contributed by atoms with Gasteiger partial charge < -0.3 is 24.5 Å². The van der Waals surface area contributed by atoms with Gasteiger partial charge in [-0.3, -0.25) is 0 Å². The number of hydrogen-bond acceptors (Lipinski definition) is 7. The molecule has 1 fully saturated rings. The Balaban J connectivity index is 1.49. The Labute approximate surface area is 181 Å². The molecule has 1 spiro atoms. The van der Waals surface area contributed by atoms with Crippen LogP contribution in [0.1, 0.15) is 43.2 Å². The first-order valence-electron chi connectivity index (χ1n) is 10.4. The summed E-state index contributed by atoms with van der Waals surface area (Å²) < 4.78 is 10.5. The van der Waals surface area contributed by atoms with Gasteiger partial charge in [0.15, 0.2) is 0 Å². The van der Waals surface area contributed by atoms with Gasteiger partial charge in [0, 0.05) is 24.9 Å². The molecular weight excluding hydrogens is 398 g/mol. The Bertz CT molecular complexity index is 938. The summed E-state index contributed by atoms with van der Waals surface area (Å²) in [6, 6.07) is 14.9. The molecule has 1 saturated carbocycles. The van der Waals surface area contributed by atoms with E-state index in [0.29, 0.717) is 18.1 Å². The minimum Gasteiger partial charge on any atom is -0.497 e. The van der Waals surface area contributed by atoms with Crippen LogP contribution in [-0.2, 0) is 16.2 Å². The zero-order valence-corrected chi connectivity index (χ0v) is 17.8. The normalized spacial score (nSPS) is 17.0. The fraction of sp³-hybridized carbons (Fsp3) is 0.391. The van der Waals surface area contributed by atoms with Crippen molar-refractivity contribution >= 4 is 11.9 Å². The average Bonchev–Trinajstić information content (AvgIpc) is 3.15. The Morgan fingerprint density at radius 2 is 1.81 bits per heavy atom. The summed E-state index contributed by atoms with van der Waals surface area (Å²) in [7, 11) is 3.22. The summed E-state index contributed by atoms with van der Waals surface area (Å²) in [6.45, 7) is 0.330. The molecule has 0 atom stereocenters. The van der Waals surface area contributed by atoms with E-state index >= 15 is 0 Å². The first-order valence-corrected chi connectivity index (χ1v) is 10.4. The second-order valence-corrected chi connectivity index (χ2v) is 7.62. The Hall–Kier alpha value is -3.42. The van der Waals surface area contributed by atoms with Gasteiger partial charge in [-0.05, 0) is 42.7 Å². The molecule has 31 heavy (non-hydrogen) atoms. The molecule has 8 nitrogen and oxygen atoms in total. The van der Waals surface area contributed by atoms with Crippen LogP contribution in [0.25, 0.3) is 0 Å². The molecular formula is C23H27N3O5. The fourth-order valence-corrected chi connectivity index (χ4v) is 3.89. The second-order valence-electron chi connectivity index (χ2n) is 7.62. The monoisotopic (exact) mass is 425 g/mol. The number of carbonyl (C=O) groups is 1. The van der Waals surface area contributed by atoms with Gasteiger partial charge >= 0.3 is 6.09 Å². The second kappa shape index (κ2) is 9.16. The molecule has 1 aliphatic carbocycles. The molecule has 2 aromatic carbocycles. The van der Waals surface area contributed by atoms with Gasteiger partial charge in [0.2, 0.25) is 11.6 Å². The molecule has 1 N–H and O–H groups in total. The highest BCUT2D eigenvalue weighted by Gasteiger charge is 2.50. The molecule has 0 radical (unpaired) electrons. The number of carbonyl (C=O) groups excluding carboxylic acids is 1. The van der Waals surface area contributed by atoms with Crippen LogP contribution in [-0.4, -0.2) is 36.9 Å². The van der Waals surface area contributed by atoms with E-state index in [1.165, 1.54) is 5.06 Å². The Morgan fingerprint density at radius 1 is 1.06 bits per heavy atom. The number of nitrogens with one attached hydrogen (secondary N) is 1.